The van der Waals surface area contributed by atoms with Gasteiger partial charge in [0.1, 0.15) is 0 Å². The molecule has 0 radical (unpaired) electrons. The van der Waals surface area contributed by atoms with Crippen LogP contribution in [0.5, 0.6) is 0 Å². The van der Waals surface area contributed by atoms with Crippen LogP contribution in [0.1, 0.15) is 19.3 Å². The van der Waals surface area contributed by atoms with Gasteiger partial charge in [-0.1, -0.05) is 0 Å². The van der Waals surface area contributed by atoms with Gasteiger partial charge in [-0.05, 0) is 26.4 Å². The van der Waals surface area contributed by atoms with E-state index in [-0.39, 0.29) is 12.5 Å². The van der Waals surface area contributed by atoms with Crippen molar-refractivity contribution in [3.8, 4) is 0 Å². The topological polar surface area (TPSA) is 61.4 Å². The first-order valence-electron chi connectivity index (χ1n) is 4.33. The summed E-state index contributed by atoms with van der Waals surface area (Å²) in [6.45, 7) is 1.72. The average Bonchev–Trinajstić information content (AvgIpc) is 2.09. The van der Waals surface area contributed by atoms with Gasteiger partial charge in [0.2, 0.25) is 5.91 Å². The van der Waals surface area contributed by atoms with Gasteiger partial charge < -0.3 is 15.7 Å². The van der Waals surface area contributed by atoms with E-state index in [2.05, 4.69) is 10.6 Å². The molecule has 0 spiro atoms. The van der Waals surface area contributed by atoms with Gasteiger partial charge in [-0.15, -0.1) is 0 Å². The van der Waals surface area contributed by atoms with Crippen molar-refractivity contribution >= 4 is 5.91 Å². The Kier molecular flexibility index (Phi) is 8.05. The summed E-state index contributed by atoms with van der Waals surface area (Å²) in [5.41, 5.74) is 0. The molecular formula is C8H18N2O2. The van der Waals surface area contributed by atoms with Crippen LogP contribution in [-0.4, -0.2) is 37.8 Å². The van der Waals surface area contributed by atoms with E-state index in [1.54, 1.807) is 0 Å². The van der Waals surface area contributed by atoms with Crippen LogP contribution in [0.2, 0.25) is 0 Å². The molecule has 72 valence electrons. The Morgan fingerprint density at radius 2 is 2.08 bits per heavy atom. The highest BCUT2D eigenvalue weighted by Crippen LogP contribution is 1.86. The number of hydrogen-bond donors (Lipinski definition) is 3. The van der Waals surface area contributed by atoms with Crippen molar-refractivity contribution in [1.82, 2.24) is 10.6 Å². The van der Waals surface area contributed by atoms with Gasteiger partial charge in [-0.25, -0.2) is 0 Å². The number of carbonyl (C=O) groups excluding carboxylic acids is 1. The molecule has 0 atom stereocenters. The van der Waals surface area contributed by atoms with Crippen LogP contribution in [0.4, 0.5) is 0 Å². The van der Waals surface area contributed by atoms with Crippen LogP contribution in [0.3, 0.4) is 0 Å². The summed E-state index contributed by atoms with van der Waals surface area (Å²) in [5, 5.41) is 14.2. The molecule has 4 heteroatoms. The molecule has 0 aliphatic carbocycles. The highest BCUT2D eigenvalue weighted by molar-refractivity contribution is 5.75. The van der Waals surface area contributed by atoms with Crippen LogP contribution in [0, 0.1) is 0 Å². The van der Waals surface area contributed by atoms with Crippen molar-refractivity contribution in [2.75, 3.05) is 26.7 Å². The maximum atomic E-state index is 10.9. The zero-order chi connectivity index (χ0) is 9.23. The largest absolute Gasteiger partial charge is 0.396 e. The summed E-state index contributed by atoms with van der Waals surface area (Å²) >= 11 is 0. The molecule has 4 nitrogen and oxygen atoms in total. The zero-order valence-electron chi connectivity index (χ0n) is 7.60. The molecule has 0 saturated heterocycles. The molecule has 0 fully saturated rings. The number of rotatable bonds is 7. The number of amides is 1. The Morgan fingerprint density at radius 3 is 2.67 bits per heavy atom. The zero-order valence-corrected chi connectivity index (χ0v) is 7.60. The lowest BCUT2D eigenvalue weighted by Crippen LogP contribution is -2.26. The lowest BCUT2D eigenvalue weighted by Gasteiger charge is -2.03. The number of aliphatic hydroxyl groups is 1. The van der Waals surface area contributed by atoms with Gasteiger partial charge in [-0.2, -0.15) is 0 Å². The normalized spacial score (nSPS) is 9.83. The monoisotopic (exact) mass is 174 g/mol. The first-order chi connectivity index (χ1) is 5.81. The van der Waals surface area contributed by atoms with E-state index >= 15 is 0 Å². The Balaban J connectivity index is 3.08. The maximum Gasteiger partial charge on any atom is 0.220 e. The predicted molar refractivity (Wildman–Crippen MR) is 47.9 cm³/mol. The summed E-state index contributed by atoms with van der Waals surface area (Å²) < 4.78 is 0. The molecule has 3 N–H and O–H groups in total. The summed E-state index contributed by atoms with van der Waals surface area (Å²) in [4.78, 5) is 10.9. The van der Waals surface area contributed by atoms with E-state index in [1.165, 1.54) is 0 Å². The molecule has 0 aliphatic rings. The molecule has 0 aromatic rings. The third-order valence-corrected chi connectivity index (χ3v) is 1.49. The number of carbonyl (C=O) groups is 1. The Labute approximate surface area is 73.3 Å². The van der Waals surface area contributed by atoms with E-state index in [0.717, 1.165) is 13.0 Å². The van der Waals surface area contributed by atoms with E-state index < -0.39 is 0 Å². The van der Waals surface area contributed by atoms with Gasteiger partial charge in [0.05, 0.1) is 0 Å². The minimum atomic E-state index is 0.0279. The predicted octanol–water partition coefficient (Wildman–Crippen LogP) is -0.515. The third-order valence-electron chi connectivity index (χ3n) is 1.49. The second-order valence-corrected chi connectivity index (χ2v) is 2.63. The second-order valence-electron chi connectivity index (χ2n) is 2.63. The minimum absolute atomic E-state index is 0.0279. The minimum Gasteiger partial charge on any atom is -0.396 e. The standard InChI is InChI=1S/C8H18N2O2/c1-9-5-3-6-10-8(12)4-2-7-11/h9,11H,2-7H2,1H3,(H,10,12). The highest BCUT2D eigenvalue weighted by Gasteiger charge is 1.97. The smallest absolute Gasteiger partial charge is 0.220 e. The van der Waals surface area contributed by atoms with Gasteiger partial charge in [0.25, 0.3) is 0 Å². The summed E-state index contributed by atoms with van der Waals surface area (Å²) in [7, 11) is 1.88. The average molecular weight is 174 g/mol. The Bertz CT molecular complexity index is 118. The fourth-order valence-corrected chi connectivity index (χ4v) is 0.821. The fraction of sp³-hybridized carbons (Fsp3) is 0.875. The summed E-state index contributed by atoms with van der Waals surface area (Å²) in [6.07, 6.45) is 1.93. The lowest BCUT2D eigenvalue weighted by atomic mass is 10.3. The van der Waals surface area contributed by atoms with Crippen molar-refractivity contribution < 1.29 is 9.90 Å². The van der Waals surface area contributed by atoms with Gasteiger partial charge in [0, 0.05) is 19.6 Å². The molecule has 0 rings (SSSR count). The summed E-state index contributed by atoms with van der Waals surface area (Å²) in [5.74, 6) is 0.0279. The third kappa shape index (κ3) is 7.50. The van der Waals surface area contributed by atoms with Crippen molar-refractivity contribution in [1.29, 1.82) is 0 Å². The van der Waals surface area contributed by atoms with Crippen molar-refractivity contribution in [2.45, 2.75) is 19.3 Å². The second kappa shape index (κ2) is 8.49. The summed E-state index contributed by atoms with van der Waals surface area (Å²) in [6, 6.07) is 0. The Morgan fingerprint density at radius 1 is 1.33 bits per heavy atom. The van der Waals surface area contributed by atoms with Crippen LogP contribution in [-0.2, 0) is 4.79 Å². The molecule has 1 amide bonds. The van der Waals surface area contributed by atoms with E-state index in [0.29, 0.717) is 19.4 Å². The number of aliphatic hydroxyl groups excluding tert-OH is 1. The van der Waals surface area contributed by atoms with Crippen molar-refractivity contribution in [3.63, 3.8) is 0 Å². The maximum absolute atomic E-state index is 10.9. The lowest BCUT2D eigenvalue weighted by molar-refractivity contribution is -0.121. The van der Waals surface area contributed by atoms with Crippen LogP contribution in [0.25, 0.3) is 0 Å². The molecule has 0 bridgehead atoms. The van der Waals surface area contributed by atoms with Crippen molar-refractivity contribution in [2.24, 2.45) is 0 Å². The molecule has 0 heterocycles. The number of hydrogen-bond acceptors (Lipinski definition) is 3. The van der Waals surface area contributed by atoms with E-state index in [4.69, 9.17) is 5.11 Å². The molecular weight excluding hydrogens is 156 g/mol. The first-order valence-corrected chi connectivity index (χ1v) is 4.33. The Hall–Kier alpha value is -0.610. The van der Waals surface area contributed by atoms with Crippen LogP contribution < -0.4 is 10.6 Å². The van der Waals surface area contributed by atoms with Crippen molar-refractivity contribution in [3.05, 3.63) is 0 Å². The molecule has 12 heavy (non-hydrogen) atoms. The molecule has 0 saturated carbocycles. The van der Waals surface area contributed by atoms with Gasteiger partial charge in [-0.3, -0.25) is 4.79 Å². The molecule has 0 unspecified atom stereocenters. The number of nitrogens with one attached hydrogen (secondary N) is 2. The van der Waals surface area contributed by atoms with Crippen LogP contribution in [0.15, 0.2) is 0 Å². The van der Waals surface area contributed by atoms with E-state index in [1.807, 2.05) is 7.05 Å². The SMILES string of the molecule is CNCCCNC(=O)CCCO. The fourth-order valence-electron chi connectivity index (χ4n) is 0.821. The quantitative estimate of drug-likeness (QED) is 0.455. The van der Waals surface area contributed by atoms with Gasteiger partial charge in [0.15, 0.2) is 0 Å². The van der Waals surface area contributed by atoms with Gasteiger partial charge >= 0.3 is 0 Å². The molecule has 0 aromatic carbocycles. The highest BCUT2D eigenvalue weighted by atomic mass is 16.3. The molecule has 0 aliphatic heterocycles. The van der Waals surface area contributed by atoms with Crippen LogP contribution >= 0.6 is 0 Å². The molecule has 0 aromatic heterocycles. The van der Waals surface area contributed by atoms with E-state index in [9.17, 15) is 4.79 Å². The first kappa shape index (κ1) is 11.4.